The van der Waals surface area contributed by atoms with Crippen molar-refractivity contribution in [2.45, 2.75) is 62.3 Å². The average molecular weight is 1050 g/mol. The molecular weight excluding hydrogens is 985 g/mol. The van der Waals surface area contributed by atoms with Crippen molar-refractivity contribution in [1.29, 1.82) is 0 Å². The number of aromatic nitrogens is 3. The third-order valence-electron chi connectivity index (χ3n) is 12.5. The summed E-state index contributed by atoms with van der Waals surface area (Å²) < 4.78 is 95.7. The lowest BCUT2D eigenvalue weighted by atomic mass is 9.91. The Kier molecular flexibility index (Phi) is 18.7. The molecule has 5 aromatic rings. The predicted molar refractivity (Wildman–Crippen MR) is 274 cm³/mol. The average Bonchev–Trinajstić information content (AvgIpc) is 3.62. The van der Waals surface area contributed by atoms with Crippen molar-refractivity contribution >= 4 is 50.5 Å². The number of sulfone groups is 1. The quantitative estimate of drug-likeness (QED) is 0.0398. The van der Waals surface area contributed by atoms with Crippen LogP contribution in [0.1, 0.15) is 48.7 Å². The van der Waals surface area contributed by atoms with Crippen molar-refractivity contribution in [3.05, 3.63) is 125 Å². The van der Waals surface area contributed by atoms with E-state index in [-0.39, 0.29) is 73.0 Å². The fourth-order valence-electron chi connectivity index (χ4n) is 8.69. The summed E-state index contributed by atoms with van der Waals surface area (Å²) in [6, 6.07) is 21.1. The summed E-state index contributed by atoms with van der Waals surface area (Å²) in [5.74, 6) is -1.26. The van der Waals surface area contributed by atoms with E-state index in [0.29, 0.717) is 62.5 Å². The lowest BCUT2D eigenvalue weighted by Gasteiger charge is -2.41. The molecule has 4 N–H and O–H groups in total. The number of carbonyl (C=O) groups excluding carboxylic acids is 2. The summed E-state index contributed by atoms with van der Waals surface area (Å²) in [6.45, 7) is 11.4. The molecule has 2 aliphatic rings. The molecule has 2 aromatic heterocycles. The van der Waals surface area contributed by atoms with E-state index < -0.39 is 33.3 Å². The van der Waals surface area contributed by atoms with Crippen LogP contribution in [0.25, 0.3) is 0 Å². The van der Waals surface area contributed by atoms with Crippen molar-refractivity contribution < 1.29 is 49.8 Å². The molecule has 4 heterocycles. The number of amides is 2. The first kappa shape index (κ1) is 55.6. The molecule has 0 unspecified atom stereocenters. The number of likely N-dealkylation sites (N-methyl/N-ethyl adjacent to an activating group) is 1. The molecule has 17 nitrogen and oxygen atoms in total. The minimum absolute atomic E-state index is 0.0378. The normalized spacial score (nSPS) is 16.8. The monoisotopic (exact) mass is 1050 g/mol. The molecular formula is C52H64F4N10O7S. The van der Waals surface area contributed by atoms with Crippen LogP contribution in [0.3, 0.4) is 0 Å². The highest BCUT2D eigenvalue weighted by Gasteiger charge is 2.41. The Balaban J connectivity index is 0.765. The summed E-state index contributed by atoms with van der Waals surface area (Å²) in [6.07, 6.45) is -0.612. The first-order valence-corrected chi connectivity index (χ1v) is 26.2. The SMILES string of the molecule is C[C@@H]1CN(CC(=O)N2CC(C)(C)c3ncc(Cc4ccc(F)cc4)cc32)[C@@H](CN(C)CCOCCOCCOCC(=O)Nc2ccc(Nc3ncc(C(F)(F)F)c(NCc4cccc(S(C)(=O)=O)c4)n3)cc2)CN1. The van der Waals surface area contributed by atoms with Crippen LogP contribution >= 0.6 is 0 Å². The molecule has 0 aliphatic carbocycles. The summed E-state index contributed by atoms with van der Waals surface area (Å²) in [5.41, 5.74) is 3.62. The number of benzene rings is 3. The van der Waals surface area contributed by atoms with Gasteiger partial charge in [-0.1, -0.05) is 38.1 Å². The maximum atomic E-state index is 14.1. The van der Waals surface area contributed by atoms with Crippen LogP contribution in [0.5, 0.6) is 0 Å². The Morgan fingerprint density at radius 3 is 2.31 bits per heavy atom. The van der Waals surface area contributed by atoms with Crippen LogP contribution in [-0.2, 0) is 58.2 Å². The van der Waals surface area contributed by atoms with Gasteiger partial charge >= 0.3 is 6.18 Å². The second-order valence-electron chi connectivity index (χ2n) is 19.3. The number of halogens is 4. The molecule has 7 rings (SSSR count). The minimum Gasteiger partial charge on any atom is -0.378 e. The highest BCUT2D eigenvalue weighted by Crippen LogP contribution is 2.40. The lowest BCUT2D eigenvalue weighted by molar-refractivity contribution is -0.137. The number of rotatable bonds is 24. The number of ether oxygens (including phenoxy) is 3. The van der Waals surface area contributed by atoms with Gasteiger partial charge < -0.3 is 45.3 Å². The molecule has 74 heavy (non-hydrogen) atoms. The molecule has 2 amide bonds. The van der Waals surface area contributed by atoms with E-state index in [1.54, 1.807) is 42.5 Å². The van der Waals surface area contributed by atoms with Crippen LogP contribution in [0.15, 0.2) is 96.2 Å². The maximum absolute atomic E-state index is 14.1. The van der Waals surface area contributed by atoms with Gasteiger partial charge in [-0.15, -0.1) is 0 Å². The van der Waals surface area contributed by atoms with Crippen molar-refractivity contribution in [2.75, 3.05) is 113 Å². The summed E-state index contributed by atoms with van der Waals surface area (Å²) in [4.78, 5) is 45.7. The number of carbonyl (C=O) groups is 2. The zero-order valence-electron chi connectivity index (χ0n) is 42.2. The fourth-order valence-corrected chi connectivity index (χ4v) is 9.39. The molecule has 2 atom stereocenters. The maximum Gasteiger partial charge on any atom is 0.421 e. The third-order valence-corrected chi connectivity index (χ3v) is 13.6. The van der Waals surface area contributed by atoms with Gasteiger partial charge in [-0.05, 0) is 91.7 Å². The predicted octanol–water partition coefficient (Wildman–Crippen LogP) is 6.29. The number of alkyl halides is 3. The number of pyridine rings is 1. The number of hydrogen-bond donors (Lipinski definition) is 4. The van der Waals surface area contributed by atoms with E-state index >= 15 is 0 Å². The van der Waals surface area contributed by atoms with Gasteiger partial charge in [0.15, 0.2) is 9.84 Å². The van der Waals surface area contributed by atoms with E-state index in [9.17, 15) is 35.6 Å². The topological polar surface area (TPSA) is 192 Å². The van der Waals surface area contributed by atoms with E-state index in [2.05, 4.69) is 67.9 Å². The van der Waals surface area contributed by atoms with Gasteiger partial charge in [0, 0.05) is 86.8 Å². The van der Waals surface area contributed by atoms with Gasteiger partial charge in [-0.3, -0.25) is 19.5 Å². The summed E-state index contributed by atoms with van der Waals surface area (Å²) >= 11 is 0. The molecule has 1 saturated heterocycles. The number of anilines is 5. The zero-order chi connectivity index (χ0) is 53.0. The van der Waals surface area contributed by atoms with Gasteiger partial charge in [0.05, 0.1) is 55.9 Å². The van der Waals surface area contributed by atoms with E-state index in [0.717, 1.165) is 48.4 Å². The number of fused-ring (bicyclic) bond motifs is 1. The Bertz CT molecular complexity index is 2810. The number of nitrogens with zero attached hydrogens (tertiary/aromatic N) is 6. The van der Waals surface area contributed by atoms with Crippen LogP contribution in [-0.4, -0.2) is 149 Å². The summed E-state index contributed by atoms with van der Waals surface area (Å²) in [5, 5.41) is 11.8. The van der Waals surface area contributed by atoms with E-state index in [1.165, 1.54) is 30.3 Å². The smallest absolute Gasteiger partial charge is 0.378 e. The molecule has 22 heteroatoms. The molecule has 1 fully saturated rings. The van der Waals surface area contributed by atoms with Crippen molar-refractivity contribution in [1.82, 2.24) is 30.1 Å². The molecule has 2 aliphatic heterocycles. The van der Waals surface area contributed by atoms with Gasteiger partial charge in [0.1, 0.15) is 23.8 Å². The molecule has 0 radical (unpaired) electrons. The van der Waals surface area contributed by atoms with Crippen molar-refractivity contribution in [3.8, 4) is 0 Å². The summed E-state index contributed by atoms with van der Waals surface area (Å²) in [7, 11) is -1.47. The first-order valence-electron chi connectivity index (χ1n) is 24.3. The third kappa shape index (κ3) is 15.9. The van der Waals surface area contributed by atoms with Crippen LogP contribution in [0.4, 0.5) is 46.4 Å². The van der Waals surface area contributed by atoms with Gasteiger partial charge in [0.25, 0.3) is 0 Å². The lowest BCUT2D eigenvalue weighted by Crippen LogP contribution is -2.60. The molecule has 0 saturated carbocycles. The van der Waals surface area contributed by atoms with E-state index in [4.69, 9.17) is 19.2 Å². The Morgan fingerprint density at radius 1 is 0.892 bits per heavy atom. The Labute approximate surface area is 429 Å². The Hall–Kier alpha value is -6.14. The second-order valence-corrected chi connectivity index (χ2v) is 21.3. The highest BCUT2D eigenvalue weighted by molar-refractivity contribution is 7.90. The van der Waals surface area contributed by atoms with E-state index in [1.807, 2.05) is 18.1 Å². The van der Waals surface area contributed by atoms with Crippen molar-refractivity contribution in [2.24, 2.45) is 0 Å². The van der Waals surface area contributed by atoms with Crippen LogP contribution in [0.2, 0.25) is 0 Å². The van der Waals surface area contributed by atoms with Gasteiger partial charge in [-0.2, -0.15) is 18.2 Å². The first-order chi connectivity index (χ1) is 35.2. The zero-order valence-corrected chi connectivity index (χ0v) is 43.0. The van der Waals surface area contributed by atoms with Crippen LogP contribution in [0, 0.1) is 5.82 Å². The van der Waals surface area contributed by atoms with Gasteiger partial charge in [0.2, 0.25) is 17.8 Å². The minimum atomic E-state index is -4.76. The van der Waals surface area contributed by atoms with Gasteiger partial charge in [-0.25, -0.2) is 17.8 Å². The largest absolute Gasteiger partial charge is 0.421 e. The fraction of sp³-hybridized carbons (Fsp3) is 0.442. The second kappa shape index (κ2) is 24.9. The molecule has 398 valence electrons. The van der Waals surface area contributed by atoms with Crippen LogP contribution < -0.4 is 26.2 Å². The number of nitrogens with one attached hydrogen (secondary N) is 4. The number of piperazine rings is 1. The molecule has 3 aromatic carbocycles. The molecule has 0 bridgehead atoms. The molecule has 0 spiro atoms. The highest BCUT2D eigenvalue weighted by atomic mass is 32.2. The van der Waals surface area contributed by atoms with Crippen molar-refractivity contribution in [3.63, 3.8) is 0 Å². The number of hydrogen-bond acceptors (Lipinski definition) is 15. The Morgan fingerprint density at radius 2 is 1.59 bits per heavy atom. The standard InChI is InChI=1S/C52H64F4N10O7S/c1-35-30-65(32-47(68)66-34-51(2,3)48-45(66)25-38(27-58-48)23-36-9-11-39(53)12-10-36)42(28-57-35)31-64(4)17-18-71-19-20-72-21-22-73-33-46(67)61-40-13-15-41(16-14-40)62-50-60-29-44(52(54,55)56)49(63-50)59-26-37-7-6-8-43(24-37)74(5,69)70/h6-16,24-25,27,29,35,42,57H,17-23,26,28,30-34H2,1-5H3,(H,61,67)(H2,59,60,62,63)/t35-,42-/m1/s1.